The number of halogens is 6. The van der Waals surface area contributed by atoms with Crippen molar-refractivity contribution in [2.24, 2.45) is 0 Å². The quantitative estimate of drug-likeness (QED) is 0.361. The maximum atomic E-state index is 15.1. The van der Waals surface area contributed by atoms with E-state index in [-0.39, 0.29) is 12.4 Å². The summed E-state index contributed by atoms with van der Waals surface area (Å²) in [5.41, 5.74) is -3.08. The lowest BCUT2D eigenvalue weighted by Gasteiger charge is -2.19. The fourth-order valence-electron chi connectivity index (χ4n) is 3.16. The summed E-state index contributed by atoms with van der Waals surface area (Å²) in [4.78, 5) is 25.4. The van der Waals surface area contributed by atoms with E-state index in [1.807, 2.05) is 5.32 Å². The third-order valence-electron chi connectivity index (χ3n) is 4.94. The van der Waals surface area contributed by atoms with Gasteiger partial charge in [0.2, 0.25) is 0 Å². The van der Waals surface area contributed by atoms with Crippen LogP contribution in [0.5, 0.6) is 11.5 Å². The number of benzene rings is 2. The molecule has 0 radical (unpaired) electrons. The molecule has 194 valence electrons. The zero-order valence-corrected chi connectivity index (χ0v) is 19.1. The van der Waals surface area contributed by atoms with E-state index < -0.39 is 82.5 Å². The van der Waals surface area contributed by atoms with Gasteiger partial charge in [-0.1, -0.05) is 11.6 Å². The number of hydrogen-bond acceptors (Lipinski definition) is 6. The standard InChI is InChI=1S/C21H18ClF5N4O5/c1-2-30-16(8-32)29-31(21(30)35)12-6-14(36-15(7-23)19(26)27)9(5-11(12)25)20(34)28-18-10(24)3-4-13(33)17(18)22/h3-6,15,19,32-33H,2,7-8H2,1H3,(H,28,34)/t15-/m0/s1. The van der Waals surface area contributed by atoms with Gasteiger partial charge in [-0.2, -0.15) is 4.68 Å². The van der Waals surface area contributed by atoms with Crippen molar-refractivity contribution in [3.63, 3.8) is 0 Å². The number of aromatic nitrogens is 3. The Kier molecular flexibility index (Phi) is 8.20. The van der Waals surface area contributed by atoms with Crippen LogP contribution in [-0.4, -0.2) is 49.7 Å². The monoisotopic (exact) mass is 536 g/mol. The molecule has 36 heavy (non-hydrogen) atoms. The number of anilines is 1. The van der Waals surface area contributed by atoms with Gasteiger partial charge in [-0.05, 0) is 25.1 Å². The van der Waals surface area contributed by atoms with Crippen molar-refractivity contribution in [2.75, 3.05) is 12.0 Å². The van der Waals surface area contributed by atoms with E-state index in [1.54, 1.807) is 6.92 Å². The fourth-order valence-corrected chi connectivity index (χ4v) is 3.36. The van der Waals surface area contributed by atoms with Gasteiger partial charge in [0.25, 0.3) is 12.3 Å². The van der Waals surface area contributed by atoms with Gasteiger partial charge in [-0.25, -0.2) is 26.7 Å². The van der Waals surface area contributed by atoms with Crippen LogP contribution in [0.2, 0.25) is 5.02 Å². The summed E-state index contributed by atoms with van der Waals surface area (Å²) in [6, 6.07) is 2.80. The molecule has 3 rings (SSSR count). The van der Waals surface area contributed by atoms with Crippen LogP contribution in [0.1, 0.15) is 23.1 Å². The van der Waals surface area contributed by atoms with Crippen molar-refractivity contribution in [3.8, 4) is 17.2 Å². The van der Waals surface area contributed by atoms with E-state index in [2.05, 4.69) is 5.10 Å². The Morgan fingerprint density at radius 2 is 1.94 bits per heavy atom. The number of nitrogens with one attached hydrogen (secondary N) is 1. The molecule has 15 heteroatoms. The van der Waals surface area contributed by atoms with Crippen LogP contribution in [0.25, 0.3) is 5.69 Å². The third kappa shape index (κ3) is 5.14. The molecule has 0 aliphatic carbocycles. The second-order valence-corrected chi connectivity index (χ2v) is 7.55. The number of carbonyl (C=O) groups is 1. The second kappa shape index (κ2) is 11.0. The number of aromatic hydroxyl groups is 1. The number of nitrogens with zero attached hydrogens (tertiary/aromatic N) is 3. The zero-order chi connectivity index (χ0) is 26.7. The molecule has 0 aliphatic heterocycles. The minimum Gasteiger partial charge on any atom is -0.506 e. The van der Waals surface area contributed by atoms with Gasteiger partial charge >= 0.3 is 5.69 Å². The van der Waals surface area contributed by atoms with Gasteiger partial charge in [0.15, 0.2) is 11.9 Å². The summed E-state index contributed by atoms with van der Waals surface area (Å²) in [7, 11) is 0. The molecule has 1 aromatic heterocycles. The summed E-state index contributed by atoms with van der Waals surface area (Å²) in [5.74, 6) is -5.23. The Bertz CT molecular complexity index is 1350. The number of aliphatic hydroxyl groups excluding tert-OH is 1. The molecule has 0 spiro atoms. The SMILES string of the molecule is CCn1c(CO)nn(-c2cc(O[C@@H](CF)C(F)F)c(C(=O)Nc3c(F)ccc(O)c3Cl)cc2F)c1=O. The molecule has 1 atom stereocenters. The maximum Gasteiger partial charge on any atom is 0.350 e. The smallest absolute Gasteiger partial charge is 0.350 e. The predicted molar refractivity (Wildman–Crippen MR) is 117 cm³/mol. The van der Waals surface area contributed by atoms with Crippen LogP contribution in [-0.2, 0) is 13.2 Å². The van der Waals surface area contributed by atoms with Crippen LogP contribution in [0, 0.1) is 11.6 Å². The molecule has 0 saturated heterocycles. The summed E-state index contributed by atoms with van der Waals surface area (Å²) < 4.78 is 75.2. The largest absolute Gasteiger partial charge is 0.506 e. The number of amides is 1. The lowest BCUT2D eigenvalue weighted by Crippen LogP contribution is -2.29. The predicted octanol–water partition coefficient (Wildman–Crippen LogP) is 3.42. The molecule has 0 aliphatic rings. The van der Waals surface area contributed by atoms with Gasteiger partial charge in [-0.15, -0.1) is 5.10 Å². The molecule has 0 fully saturated rings. The van der Waals surface area contributed by atoms with E-state index >= 15 is 4.39 Å². The highest BCUT2D eigenvalue weighted by Crippen LogP contribution is 2.35. The van der Waals surface area contributed by atoms with Gasteiger partial charge in [0.05, 0.1) is 11.3 Å². The molecule has 0 bridgehead atoms. The molecular weight excluding hydrogens is 519 g/mol. The number of hydrogen-bond donors (Lipinski definition) is 3. The van der Waals surface area contributed by atoms with E-state index in [4.69, 9.17) is 16.3 Å². The number of aliphatic hydroxyl groups is 1. The Morgan fingerprint density at radius 3 is 2.50 bits per heavy atom. The minimum absolute atomic E-state index is 0.0474. The van der Waals surface area contributed by atoms with Crippen molar-refractivity contribution < 1.29 is 41.7 Å². The first-order valence-electron chi connectivity index (χ1n) is 10.2. The van der Waals surface area contributed by atoms with Crippen LogP contribution in [0.4, 0.5) is 27.6 Å². The zero-order valence-electron chi connectivity index (χ0n) is 18.3. The van der Waals surface area contributed by atoms with E-state index in [0.717, 1.165) is 16.7 Å². The Balaban J connectivity index is 2.17. The summed E-state index contributed by atoms with van der Waals surface area (Å²) in [5, 5.41) is 24.2. The molecule has 0 unspecified atom stereocenters. The van der Waals surface area contributed by atoms with E-state index in [1.165, 1.54) is 0 Å². The average Bonchev–Trinajstić information content (AvgIpc) is 3.17. The number of phenols is 1. The normalized spacial score (nSPS) is 12.1. The van der Waals surface area contributed by atoms with Crippen molar-refractivity contribution in [3.05, 3.63) is 62.8 Å². The topological polar surface area (TPSA) is 119 Å². The summed E-state index contributed by atoms with van der Waals surface area (Å²) in [6.45, 7) is -0.790. The Hall–Kier alpha value is -3.65. The first-order chi connectivity index (χ1) is 17.0. The number of alkyl halides is 3. The summed E-state index contributed by atoms with van der Waals surface area (Å²) >= 11 is 5.79. The number of carbonyl (C=O) groups excluding carboxylic acids is 1. The third-order valence-corrected chi connectivity index (χ3v) is 5.32. The summed E-state index contributed by atoms with van der Waals surface area (Å²) in [6.07, 6.45) is -5.74. The highest BCUT2D eigenvalue weighted by Gasteiger charge is 2.28. The number of rotatable bonds is 9. The second-order valence-electron chi connectivity index (χ2n) is 7.17. The lowest BCUT2D eigenvalue weighted by atomic mass is 10.1. The maximum absolute atomic E-state index is 15.1. The Morgan fingerprint density at radius 1 is 1.25 bits per heavy atom. The van der Waals surface area contributed by atoms with Crippen molar-refractivity contribution in [1.29, 1.82) is 0 Å². The number of ether oxygens (including phenoxy) is 1. The molecule has 1 amide bonds. The van der Waals surface area contributed by atoms with Crippen LogP contribution in [0.15, 0.2) is 29.1 Å². The Labute approximate surface area is 204 Å². The number of phenolic OH excluding ortho intramolecular Hbond substituents is 1. The lowest BCUT2D eigenvalue weighted by molar-refractivity contribution is -0.00159. The van der Waals surface area contributed by atoms with Crippen molar-refractivity contribution >= 4 is 23.2 Å². The van der Waals surface area contributed by atoms with Gasteiger partial charge < -0.3 is 20.3 Å². The molecule has 9 nitrogen and oxygen atoms in total. The minimum atomic E-state index is -3.36. The van der Waals surface area contributed by atoms with E-state index in [0.29, 0.717) is 16.8 Å². The van der Waals surface area contributed by atoms with Crippen molar-refractivity contribution in [2.45, 2.75) is 32.6 Å². The first kappa shape index (κ1) is 26.9. The first-order valence-corrected chi connectivity index (χ1v) is 10.5. The van der Waals surface area contributed by atoms with Gasteiger partial charge in [-0.3, -0.25) is 9.36 Å². The van der Waals surface area contributed by atoms with Gasteiger partial charge in [0.1, 0.15) is 47.1 Å². The molecular formula is C21H18ClF5N4O5. The molecule has 1 heterocycles. The van der Waals surface area contributed by atoms with E-state index in [9.17, 15) is 37.4 Å². The highest BCUT2D eigenvalue weighted by atomic mass is 35.5. The molecule has 0 saturated carbocycles. The molecule has 2 aromatic carbocycles. The van der Waals surface area contributed by atoms with Crippen LogP contribution >= 0.6 is 11.6 Å². The van der Waals surface area contributed by atoms with Crippen LogP contribution < -0.4 is 15.7 Å². The molecule has 3 N–H and O–H groups in total. The van der Waals surface area contributed by atoms with Gasteiger partial charge in [0, 0.05) is 12.6 Å². The fraction of sp³-hybridized carbons (Fsp3) is 0.286. The van der Waals surface area contributed by atoms with Crippen molar-refractivity contribution in [1.82, 2.24) is 14.3 Å². The molecule has 3 aromatic rings. The van der Waals surface area contributed by atoms with Crippen LogP contribution in [0.3, 0.4) is 0 Å². The highest BCUT2D eigenvalue weighted by molar-refractivity contribution is 6.35. The average molecular weight is 537 g/mol.